The number of rotatable bonds is 5. The third kappa shape index (κ3) is 2.86. The van der Waals surface area contributed by atoms with Gasteiger partial charge in [0.15, 0.2) is 0 Å². The average molecular weight is 237 g/mol. The molecule has 2 rings (SSSR count). The summed E-state index contributed by atoms with van der Waals surface area (Å²) in [6.07, 6.45) is 6.83. The summed E-state index contributed by atoms with van der Waals surface area (Å²) in [7, 11) is 2.13. The normalized spacial score (nSPS) is 27.1. The lowest BCUT2D eigenvalue weighted by molar-refractivity contribution is 0.297. The Kier molecular flexibility index (Phi) is 4.42. The van der Waals surface area contributed by atoms with Gasteiger partial charge < -0.3 is 5.32 Å². The third-order valence-electron chi connectivity index (χ3n) is 4.10. The Hall–Kier alpha value is -0.340. The Morgan fingerprint density at radius 1 is 1.50 bits per heavy atom. The second-order valence-electron chi connectivity index (χ2n) is 5.09. The molecule has 0 radical (unpaired) electrons. The standard InChI is InChI=1S/C14H23NS/c1-11-5-3-7-13(11)14(15-2)9-8-12-6-4-10-16-12/h4,6,10-11,13-15H,3,5,7-9H2,1-2H3. The first-order chi connectivity index (χ1) is 7.81. The van der Waals surface area contributed by atoms with E-state index in [0.29, 0.717) is 0 Å². The monoisotopic (exact) mass is 237 g/mol. The fourth-order valence-corrected chi connectivity index (χ4v) is 3.82. The van der Waals surface area contributed by atoms with Crippen molar-refractivity contribution in [3.63, 3.8) is 0 Å². The second-order valence-corrected chi connectivity index (χ2v) is 6.12. The summed E-state index contributed by atoms with van der Waals surface area (Å²) < 4.78 is 0. The molecule has 0 spiro atoms. The van der Waals surface area contributed by atoms with Gasteiger partial charge in [-0.25, -0.2) is 0 Å². The summed E-state index contributed by atoms with van der Waals surface area (Å²) in [5, 5.41) is 5.72. The van der Waals surface area contributed by atoms with Crippen molar-refractivity contribution in [2.24, 2.45) is 11.8 Å². The zero-order valence-corrected chi connectivity index (χ0v) is 11.2. The lowest BCUT2D eigenvalue weighted by Crippen LogP contribution is -2.35. The number of hydrogen-bond donors (Lipinski definition) is 1. The van der Waals surface area contributed by atoms with E-state index in [2.05, 4.69) is 36.8 Å². The van der Waals surface area contributed by atoms with E-state index in [0.717, 1.165) is 17.9 Å². The molecule has 1 N–H and O–H groups in total. The lowest BCUT2D eigenvalue weighted by Gasteiger charge is -2.26. The van der Waals surface area contributed by atoms with Crippen molar-refractivity contribution < 1.29 is 0 Å². The van der Waals surface area contributed by atoms with E-state index in [1.54, 1.807) is 0 Å². The molecule has 0 amide bonds. The van der Waals surface area contributed by atoms with Gasteiger partial charge in [-0.1, -0.05) is 25.8 Å². The molecule has 1 aromatic heterocycles. The highest BCUT2D eigenvalue weighted by molar-refractivity contribution is 7.09. The predicted molar refractivity (Wildman–Crippen MR) is 72.0 cm³/mol. The molecule has 1 heterocycles. The highest BCUT2D eigenvalue weighted by Gasteiger charge is 2.29. The lowest BCUT2D eigenvalue weighted by atomic mass is 9.87. The zero-order valence-electron chi connectivity index (χ0n) is 10.4. The minimum Gasteiger partial charge on any atom is -0.317 e. The van der Waals surface area contributed by atoms with Crippen LogP contribution < -0.4 is 5.32 Å². The van der Waals surface area contributed by atoms with Crippen molar-refractivity contribution >= 4 is 11.3 Å². The second kappa shape index (κ2) is 5.83. The molecule has 0 aromatic carbocycles. The molecule has 0 bridgehead atoms. The molecule has 0 saturated heterocycles. The number of hydrogen-bond acceptors (Lipinski definition) is 2. The predicted octanol–water partition coefficient (Wildman–Crippen LogP) is 3.70. The van der Waals surface area contributed by atoms with Crippen LogP contribution in [-0.4, -0.2) is 13.1 Å². The van der Waals surface area contributed by atoms with Crippen LogP contribution in [0.3, 0.4) is 0 Å². The first-order valence-electron chi connectivity index (χ1n) is 6.51. The SMILES string of the molecule is CNC(CCc1cccs1)C1CCCC1C. The summed E-state index contributed by atoms with van der Waals surface area (Å²) in [6, 6.07) is 5.14. The minimum atomic E-state index is 0.722. The van der Waals surface area contributed by atoms with Gasteiger partial charge in [-0.3, -0.25) is 0 Å². The molecule has 90 valence electrons. The fraction of sp³-hybridized carbons (Fsp3) is 0.714. The van der Waals surface area contributed by atoms with E-state index >= 15 is 0 Å². The summed E-state index contributed by atoms with van der Waals surface area (Å²) in [4.78, 5) is 1.53. The van der Waals surface area contributed by atoms with Crippen molar-refractivity contribution in [1.29, 1.82) is 0 Å². The fourth-order valence-electron chi connectivity index (χ4n) is 3.10. The van der Waals surface area contributed by atoms with Crippen molar-refractivity contribution in [3.05, 3.63) is 22.4 Å². The Morgan fingerprint density at radius 3 is 2.94 bits per heavy atom. The maximum absolute atomic E-state index is 3.54. The van der Waals surface area contributed by atoms with Crippen molar-refractivity contribution in [2.45, 2.75) is 45.1 Å². The van der Waals surface area contributed by atoms with Gasteiger partial charge in [0.2, 0.25) is 0 Å². The van der Waals surface area contributed by atoms with Crippen LogP contribution in [0.25, 0.3) is 0 Å². The largest absolute Gasteiger partial charge is 0.317 e. The van der Waals surface area contributed by atoms with Crippen LogP contribution in [-0.2, 0) is 6.42 Å². The van der Waals surface area contributed by atoms with Gasteiger partial charge in [0.25, 0.3) is 0 Å². The average Bonchev–Trinajstić information content (AvgIpc) is 2.92. The van der Waals surface area contributed by atoms with Gasteiger partial charge in [-0.2, -0.15) is 0 Å². The minimum absolute atomic E-state index is 0.722. The van der Waals surface area contributed by atoms with Gasteiger partial charge in [0.05, 0.1) is 0 Å². The van der Waals surface area contributed by atoms with E-state index < -0.39 is 0 Å². The zero-order chi connectivity index (χ0) is 11.4. The van der Waals surface area contributed by atoms with Crippen LogP contribution in [0.5, 0.6) is 0 Å². The van der Waals surface area contributed by atoms with Gasteiger partial charge in [-0.05, 0) is 49.6 Å². The molecule has 1 aliphatic carbocycles. The molecule has 1 aliphatic rings. The molecule has 1 nitrogen and oxygen atoms in total. The molecule has 3 atom stereocenters. The number of aryl methyl sites for hydroxylation is 1. The quantitative estimate of drug-likeness (QED) is 0.823. The summed E-state index contributed by atoms with van der Waals surface area (Å²) in [5.74, 6) is 1.82. The Morgan fingerprint density at radius 2 is 2.38 bits per heavy atom. The molecule has 2 heteroatoms. The molecule has 1 aromatic rings. The van der Waals surface area contributed by atoms with E-state index in [4.69, 9.17) is 0 Å². The van der Waals surface area contributed by atoms with Gasteiger partial charge in [-0.15, -0.1) is 11.3 Å². The number of nitrogens with one attached hydrogen (secondary N) is 1. The molecular weight excluding hydrogens is 214 g/mol. The molecule has 3 unspecified atom stereocenters. The van der Waals surface area contributed by atoms with E-state index in [-0.39, 0.29) is 0 Å². The summed E-state index contributed by atoms with van der Waals surface area (Å²) in [6.45, 7) is 2.42. The summed E-state index contributed by atoms with van der Waals surface area (Å²) in [5.41, 5.74) is 0. The first-order valence-corrected chi connectivity index (χ1v) is 7.39. The summed E-state index contributed by atoms with van der Waals surface area (Å²) >= 11 is 1.89. The maximum Gasteiger partial charge on any atom is 0.00983 e. The van der Waals surface area contributed by atoms with Gasteiger partial charge in [0, 0.05) is 10.9 Å². The smallest absolute Gasteiger partial charge is 0.00983 e. The van der Waals surface area contributed by atoms with E-state index in [9.17, 15) is 0 Å². The topological polar surface area (TPSA) is 12.0 Å². The number of thiophene rings is 1. The Bertz CT molecular complexity index is 294. The molecule has 1 saturated carbocycles. The van der Waals surface area contributed by atoms with Crippen molar-refractivity contribution in [1.82, 2.24) is 5.32 Å². The van der Waals surface area contributed by atoms with Crippen molar-refractivity contribution in [2.75, 3.05) is 7.05 Å². The van der Waals surface area contributed by atoms with Crippen LogP contribution in [0.4, 0.5) is 0 Å². The Balaban J connectivity index is 1.85. The first kappa shape index (κ1) is 12.1. The van der Waals surface area contributed by atoms with Crippen LogP contribution in [0, 0.1) is 11.8 Å². The van der Waals surface area contributed by atoms with Crippen LogP contribution in [0.2, 0.25) is 0 Å². The highest BCUT2D eigenvalue weighted by Crippen LogP contribution is 2.35. The third-order valence-corrected chi connectivity index (χ3v) is 5.03. The van der Waals surface area contributed by atoms with Gasteiger partial charge in [0.1, 0.15) is 0 Å². The van der Waals surface area contributed by atoms with E-state index in [1.807, 2.05) is 11.3 Å². The van der Waals surface area contributed by atoms with Gasteiger partial charge >= 0.3 is 0 Å². The van der Waals surface area contributed by atoms with Crippen LogP contribution in [0.1, 0.15) is 37.5 Å². The van der Waals surface area contributed by atoms with Crippen LogP contribution in [0.15, 0.2) is 17.5 Å². The van der Waals surface area contributed by atoms with Crippen molar-refractivity contribution in [3.8, 4) is 0 Å². The molecule has 0 aliphatic heterocycles. The molecule has 1 fully saturated rings. The van der Waals surface area contributed by atoms with Crippen LogP contribution >= 0.6 is 11.3 Å². The molecule has 16 heavy (non-hydrogen) atoms. The Labute approximate surface area is 103 Å². The highest BCUT2D eigenvalue weighted by atomic mass is 32.1. The maximum atomic E-state index is 3.54. The molecular formula is C14H23NS. The van der Waals surface area contributed by atoms with E-state index in [1.165, 1.54) is 37.0 Å².